The predicted molar refractivity (Wildman–Crippen MR) is 57.4 cm³/mol. The van der Waals surface area contributed by atoms with Gasteiger partial charge in [0.25, 0.3) is 0 Å². The van der Waals surface area contributed by atoms with E-state index in [9.17, 15) is 9.90 Å². The van der Waals surface area contributed by atoms with Crippen LogP contribution in [-0.4, -0.2) is 31.3 Å². The molecule has 2 rings (SSSR count). The lowest BCUT2D eigenvalue weighted by Gasteiger charge is -2.20. The third-order valence-corrected chi connectivity index (χ3v) is 2.42. The first-order valence-electron chi connectivity index (χ1n) is 4.99. The molecule has 5 heteroatoms. The van der Waals surface area contributed by atoms with Crippen molar-refractivity contribution in [3.63, 3.8) is 0 Å². The van der Waals surface area contributed by atoms with Crippen LogP contribution in [0.4, 0.5) is 5.69 Å². The zero-order valence-corrected chi connectivity index (χ0v) is 8.90. The van der Waals surface area contributed by atoms with E-state index in [2.05, 4.69) is 10.1 Å². The zero-order chi connectivity index (χ0) is 11.5. The van der Waals surface area contributed by atoms with Crippen LogP contribution < -0.4 is 10.1 Å². The number of nitrogens with one attached hydrogen (secondary N) is 1. The van der Waals surface area contributed by atoms with Crippen LogP contribution in [0.25, 0.3) is 0 Å². The van der Waals surface area contributed by atoms with Crippen LogP contribution in [0.3, 0.4) is 0 Å². The number of carbonyl (C=O) groups is 1. The molecule has 0 aromatic heterocycles. The Hall–Kier alpha value is -1.75. The normalized spacial score (nSPS) is 15.4. The molecule has 16 heavy (non-hydrogen) atoms. The molecule has 0 spiro atoms. The van der Waals surface area contributed by atoms with E-state index in [-0.39, 0.29) is 0 Å². The molecule has 1 aliphatic heterocycles. The van der Waals surface area contributed by atoms with Gasteiger partial charge in [-0.3, -0.25) is 0 Å². The second-order valence-corrected chi connectivity index (χ2v) is 3.46. The average Bonchev–Trinajstić information content (AvgIpc) is 2.36. The van der Waals surface area contributed by atoms with Gasteiger partial charge in [-0.1, -0.05) is 6.07 Å². The number of rotatable bonds is 2. The van der Waals surface area contributed by atoms with Gasteiger partial charge in [0, 0.05) is 6.54 Å². The number of aliphatic hydroxyl groups is 1. The van der Waals surface area contributed by atoms with Gasteiger partial charge in [-0.15, -0.1) is 0 Å². The summed E-state index contributed by atoms with van der Waals surface area (Å²) in [5, 5.41) is 12.8. The van der Waals surface area contributed by atoms with Crippen LogP contribution in [-0.2, 0) is 9.53 Å². The van der Waals surface area contributed by atoms with E-state index in [1.165, 1.54) is 7.11 Å². The maximum atomic E-state index is 11.2. The molecule has 1 unspecified atom stereocenters. The molecule has 0 bridgehead atoms. The summed E-state index contributed by atoms with van der Waals surface area (Å²) < 4.78 is 9.85. The van der Waals surface area contributed by atoms with E-state index in [0.717, 1.165) is 11.4 Å². The summed E-state index contributed by atoms with van der Waals surface area (Å²) in [5.41, 5.74) is 1.27. The van der Waals surface area contributed by atoms with Crippen molar-refractivity contribution in [1.29, 1.82) is 0 Å². The standard InChI is InChI=1S/C11H13NO4/c1-15-11(14)10(13)7-2-3-9-8(6-7)12-4-5-16-9/h2-3,6,10,12-13H,4-5H2,1H3. The van der Waals surface area contributed by atoms with Gasteiger partial charge in [0.1, 0.15) is 12.4 Å². The van der Waals surface area contributed by atoms with Gasteiger partial charge >= 0.3 is 5.97 Å². The number of fused-ring (bicyclic) bond motifs is 1. The van der Waals surface area contributed by atoms with Crippen LogP contribution in [0.1, 0.15) is 11.7 Å². The fraction of sp³-hybridized carbons (Fsp3) is 0.364. The molecule has 0 aliphatic carbocycles. The highest BCUT2D eigenvalue weighted by Crippen LogP contribution is 2.30. The molecule has 1 heterocycles. The maximum absolute atomic E-state index is 11.2. The Morgan fingerprint density at radius 1 is 1.62 bits per heavy atom. The number of carbonyl (C=O) groups excluding carboxylic acids is 1. The van der Waals surface area contributed by atoms with Crippen LogP contribution in [0, 0.1) is 0 Å². The van der Waals surface area contributed by atoms with Crippen molar-refractivity contribution in [3.05, 3.63) is 23.8 Å². The van der Waals surface area contributed by atoms with E-state index in [4.69, 9.17) is 4.74 Å². The number of hydrogen-bond donors (Lipinski definition) is 2. The summed E-state index contributed by atoms with van der Waals surface area (Å²) >= 11 is 0. The minimum Gasteiger partial charge on any atom is -0.490 e. The van der Waals surface area contributed by atoms with Crippen molar-refractivity contribution in [3.8, 4) is 5.75 Å². The SMILES string of the molecule is COC(=O)C(O)c1ccc2c(c1)NCCO2. The summed E-state index contributed by atoms with van der Waals surface area (Å²) in [7, 11) is 1.24. The first kappa shape index (κ1) is 10.8. The van der Waals surface area contributed by atoms with E-state index in [0.29, 0.717) is 18.7 Å². The number of hydrogen-bond acceptors (Lipinski definition) is 5. The Balaban J connectivity index is 2.26. The predicted octanol–water partition coefficient (Wildman–Crippen LogP) is 0.697. The average molecular weight is 223 g/mol. The highest BCUT2D eigenvalue weighted by molar-refractivity contribution is 5.77. The highest BCUT2D eigenvalue weighted by atomic mass is 16.5. The van der Waals surface area contributed by atoms with Gasteiger partial charge in [-0.05, 0) is 17.7 Å². The number of esters is 1. The molecule has 0 radical (unpaired) electrons. The Kier molecular flexibility index (Phi) is 2.96. The molecule has 2 N–H and O–H groups in total. The maximum Gasteiger partial charge on any atom is 0.339 e. The molecule has 1 aliphatic rings. The molecule has 1 aromatic rings. The monoisotopic (exact) mass is 223 g/mol. The van der Waals surface area contributed by atoms with Gasteiger partial charge in [0.2, 0.25) is 0 Å². The molecule has 1 aromatic carbocycles. The largest absolute Gasteiger partial charge is 0.490 e. The van der Waals surface area contributed by atoms with Crippen molar-refractivity contribution >= 4 is 11.7 Å². The fourth-order valence-corrected chi connectivity index (χ4v) is 1.58. The quantitative estimate of drug-likeness (QED) is 0.722. The molecule has 0 amide bonds. The molecule has 86 valence electrons. The summed E-state index contributed by atoms with van der Waals surface area (Å²) in [6.07, 6.45) is -1.25. The highest BCUT2D eigenvalue weighted by Gasteiger charge is 2.20. The van der Waals surface area contributed by atoms with Crippen molar-refractivity contribution in [2.24, 2.45) is 0 Å². The van der Waals surface area contributed by atoms with Crippen LogP contribution >= 0.6 is 0 Å². The van der Waals surface area contributed by atoms with E-state index in [1.54, 1.807) is 18.2 Å². The Morgan fingerprint density at radius 2 is 2.44 bits per heavy atom. The van der Waals surface area contributed by atoms with Crippen LogP contribution in [0.2, 0.25) is 0 Å². The fourth-order valence-electron chi connectivity index (χ4n) is 1.58. The number of anilines is 1. The minimum atomic E-state index is -1.25. The summed E-state index contributed by atoms with van der Waals surface area (Å²) in [5.74, 6) is 0.0590. The van der Waals surface area contributed by atoms with Gasteiger partial charge in [0.15, 0.2) is 6.10 Å². The molecule has 0 fully saturated rings. The topological polar surface area (TPSA) is 67.8 Å². The molecular weight excluding hydrogens is 210 g/mol. The van der Waals surface area contributed by atoms with Gasteiger partial charge in [-0.25, -0.2) is 4.79 Å². The Labute approximate surface area is 93.0 Å². The molecular formula is C11H13NO4. The molecule has 1 atom stereocenters. The second kappa shape index (κ2) is 4.40. The number of ether oxygens (including phenoxy) is 2. The lowest BCUT2D eigenvalue weighted by atomic mass is 10.1. The minimum absolute atomic E-state index is 0.489. The van der Waals surface area contributed by atoms with Gasteiger partial charge < -0.3 is 19.9 Å². The van der Waals surface area contributed by atoms with Crippen molar-refractivity contribution in [2.75, 3.05) is 25.6 Å². The summed E-state index contributed by atoms with van der Waals surface area (Å²) in [6, 6.07) is 5.06. The zero-order valence-electron chi connectivity index (χ0n) is 8.90. The number of aliphatic hydroxyl groups excluding tert-OH is 1. The lowest BCUT2D eigenvalue weighted by Crippen LogP contribution is -2.19. The first-order valence-corrected chi connectivity index (χ1v) is 4.99. The number of benzene rings is 1. The Morgan fingerprint density at radius 3 is 3.19 bits per heavy atom. The smallest absolute Gasteiger partial charge is 0.339 e. The van der Waals surface area contributed by atoms with Gasteiger partial charge in [0.05, 0.1) is 12.8 Å². The van der Waals surface area contributed by atoms with Gasteiger partial charge in [-0.2, -0.15) is 0 Å². The van der Waals surface area contributed by atoms with Crippen LogP contribution in [0.5, 0.6) is 5.75 Å². The van der Waals surface area contributed by atoms with Crippen LogP contribution in [0.15, 0.2) is 18.2 Å². The molecule has 0 saturated heterocycles. The van der Waals surface area contributed by atoms with E-state index < -0.39 is 12.1 Å². The lowest BCUT2D eigenvalue weighted by molar-refractivity contribution is -0.150. The molecule has 0 saturated carbocycles. The summed E-state index contributed by atoms with van der Waals surface area (Å²) in [4.78, 5) is 11.2. The van der Waals surface area contributed by atoms with E-state index >= 15 is 0 Å². The molecule has 5 nitrogen and oxygen atoms in total. The van der Waals surface area contributed by atoms with Crippen molar-refractivity contribution < 1.29 is 19.4 Å². The number of methoxy groups -OCH3 is 1. The van der Waals surface area contributed by atoms with Crippen molar-refractivity contribution in [2.45, 2.75) is 6.10 Å². The summed E-state index contributed by atoms with van der Waals surface area (Å²) in [6.45, 7) is 1.33. The first-order chi connectivity index (χ1) is 7.72. The van der Waals surface area contributed by atoms with E-state index in [1.807, 2.05) is 0 Å². The Bertz CT molecular complexity index is 405. The van der Waals surface area contributed by atoms with Crippen molar-refractivity contribution in [1.82, 2.24) is 0 Å². The second-order valence-electron chi connectivity index (χ2n) is 3.46. The third-order valence-electron chi connectivity index (χ3n) is 2.42. The third kappa shape index (κ3) is 1.94.